The number of piperazine rings is 1. The predicted molar refractivity (Wildman–Crippen MR) is 61.2 cm³/mol. The maximum atomic E-state index is 9.48. The number of phenolic OH excluding ortho intramolecular Hbond substituents is 1. The molecule has 1 heterocycles. The molecule has 1 aromatic rings. The van der Waals surface area contributed by atoms with Gasteiger partial charge in [-0.15, -0.1) is 0 Å². The van der Waals surface area contributed by atoms with Gasteiger partial charge in [0, 0.05) is 25.7 Å². The summed E-state index contributed by atoms with van der Waals surface area (Å²) in [7, 11) is 0. The van der Waals surface area contributed by atoms with E-state index in [1.165, 1.54) is 5.56 Å². The van der Waals surface area contributed by atoms with Crippen LogP contribution in [0.15, 0.2) is 12.1 Å². The molecule has 1 fully saturated rings. The minimum absolute atomic E-state index is 0.359. The molecule has 2 rings (SSSR count). The third-order valence-corrected chi connectivity index (χ3v) is 2.97. The first-order chi connectivity index (χ1) is 7.18. The third-order valence-electron chi connectivity index (χ3n) is 2.97. The predicted octanol–water partition coefficient (Wildman–Crippen LogP) is 1.24. The van der Waals surface area contributed by atoms with Crippen molar-refractivity contribution in [2.24, 2.45) is 0 Å². The molecule has 1 aliphatic rings. The van der Waals surface area contributed by atoms with Crippen LogP contribution in [0.2, 0.25) is 0 Å². The van der Waals surface area contributed by atoms with Crippen LogP contribution in [0.3, 0.4) is 0 Å². The Hall–Kier alpha value is -1.06. The highest BCUT2D eigenvalue weighted by Gasteiger charge is 2.18. The molecule has 0 unspecified atom stereocenters. The highest BCUT2D eigenvalue weighted by Crippen LogP contribution is 2.26. The molecule has 3 heteroatoms. The molecule has 3 N–H and O–H groups in total. The second-order valence-corrected chi connectivity index (χ2v) is 4.20. The molecule has 1 saturated heterocycles. The van der Waals surface area contributed by atoms with Gasteiger partial charge in [0.15, 0.2) is 0 Å². The van der Waals surface area contributed by atoms with Crippen molar-refractivity contribution in [2.75, 3.05) is 19.6 Å². The van der Waals surface area contributed by atoms with Crippen LogP contribution in [0, 0.1) is 13.8 Å². The van der Waals surface area contributed by atoms with E-state index in [9.17, 15) is 5.11 Å². The molecule has 0 aliphatic carbocycles. The number of benzene rings is 1. The van der Waals surface area contributed by atoms with Crippen LogP contribution in [0.5, 0.6) is 5.75 Å². The second-order valence-electron chi connectivity index (χ2n) is 4.20. The number of rotatable bonds is 1. The third kappa shape index (κ3) is 2.13. The average Bonchev–Trinajstić information content (AvgIpc) is 2.17. The van der Waals surface area contributed by atoms with Gasteiger partial charge in [0.2, 0.25) is 0 Å². The van der Waals surface area contributed by atoms with Gasteiger partial charge >= 0.3 is 0 Å². The summed E-state index contributed by atoms with van der Waals surface area (Å²) >= 11 is 0. The largest absolute Gasteiger partial charge is 0.508 e. The van der Waals surface area contributed by atoms with Gasteiger partial charge in [-0.1, -0.05) is 0 Å². The van der Waals surface area contributed by atoms with E-state index in [0.717, 1.165) is 30.8 Å². The van der Waals surface area contributed by atoms with Gasteiger partial charge in [0.25, 0.3) is 0 Å². The van der Waals surface area contributed by atoms with Crippen LogP contribution >= 0.6 is 0 Å². The maximum absolute atomic E-state index is 9.48. The number of aryl methyl sites for hydroxylation is 2. The van der Waals surface area contributed by atoms with Crippen molar-refractivity contribution in [1.82, 2.24) is 10.6 Å². The monoisotopic (exact) mass is 206 g/mol. The Morgan fingerprint density at radius 1 is 1.20 bits per heavy atom. The molecule has 15 heavy (non-hydrogen) atoms. The minimum Gasteiger partial charge on any atom is -0.508 e. The van der Waals surface area contributed by atoms with E-state index in [0.29, 0.717) is 11.8 Å². The Bertz CT molecular complexity index is 334. The standard InChI is InChI=1S/C12H18N2O/c1-8-5-10(15)6-9(2)12(8)11-7-13-3-4-14-11/h5-6,11,13-15H,3-4,7H2,1-2H3/t11-/m1/s1. The lowest BCUT2D eigenvalue weighted by Gasteiger charge is -2.27. The number of hydrogen-bond acceptors (Lipinski definition) is 3. The van der Waals surface area contributed by atoms with Crippen molar-refractivity contribution < 1.29 is 5.11 Å². The first-order valence-corrected chi connectivity index (χ1v) is 5.42. The van der Waals surface area contributed by atoms with Crippen LogP contribution in [-0.2, 0) is 0 Å². The quantitative estimate of drug-likeness (QED) is 0.648. The first-order valence-electron chi connectivity index (χ1n) is 5.42. The Labute approximate surface area is 90.5 Å². The normalized spacial score (nSPS) is 21.6. The number of nitrogens with one attached hydrogen (secondary N) is 2. The van der Waals surface area contributed by atoms with Gasteiger partial charge in [0.1, 0.15) is 5.75 Å². The summed E-state index contributed by atoms with van der Waals surface area (Å²) in [5, 5.41) is 16.4. The van der Waals surface area contributed by atoms with E-state index < -0.39 is 0 Å². The van der Waals surface area contributed by atoms with Crippen molar-refractivity contribution in [2.45, 2.75) is 19.9 Å². The van der Waals surface area contributed by atoms with Gasteiger partial charge in [-0.2, -0.15) is 0 Å². The topological polar surface area (TPSA) is 44.3 Å². The summed E-state index contributed by atoms with van der Waals surface area (Å²) < 4.78 is 0. The van der Waals surface area contributed by atoms with Crippen LogP contribution < -0.4 is 10.6 Å². The van der Waals surface area contributed by atoms with Gasteiger partial charge in [-0.05, 0) is 42.7 Å². The number of hydrogen-bond donors (Lipinski definition) is 3. The van der Waals surface area contributed by atoms with Crippen molar-refractivity contribution in [3.8, 4) is 5.75 Å². The molecule has 0 spiro atoms. The Morgan fingerprint density at radius 2 is 1.87 bits per heavy atom. The SMILES string of the molecule is Cc1cc(O)cc(C)c1[C@H]1CNCCN1. The molecule has 1 atom stereocenters. The van der Waals surface area contributed by atoms with E-state index in [-0.39, 0.29) is 0 Å². The molecule has 1 aliphatic heterocycles. The zero-order valence-corrected chi connectivity index (χ0v) is 9.30. The van der Waals surface area contributed by atoms with Crippen LogP contribution in [0.25, 0.3) is 0 Å². The molecule has 0 amide bonds. The Kier molecular flexibility index (Phi) is 2.93. The first kappa shape index (κ1) is 10.5. The Balaban J connectivity index is 2.33. The van der Waals surface area contributed by atoms with Crippen molar-refractivity contribution >= 4 is 0 Å². The lowest BCUT2D eigenvalue weighted by molar-refractivity contribution is 0.426. The molecule has 0 bridgehead atoms. The summed E-state index contributed by atoms with van der Waals surface area (Å²) in [6.07, 6.45) is 0. The lowest BCUT2D eigenvalue weighted by atomic mass is 9.95. The highest BCUT2D eigenvalue weighted by molar-refractivity contribution is 5.42. The van der Waals surface area contributed by atoms with Gasteiger partial charge in [0.05, 0.1) is 0 Å². The molecule has 0 radical (unpaired) electrons. The molecule has 0 saturated carbocycles. The fourth-order valence-corrected chi connectivity index (χ4v) is 2.36. The van der Waals surface area contributed by atoms with E-state index in [2.05, 4.69) is 24.5 Å². The number of aromatic hydroxyl groups is 1. The maximum Gasteiger partial charge on any atom is 0.116 e. The fourth-order valence-electron chi connectivity index (χ4n) is 2.36. The van der Waals surface area contributed by atoms with Crippen LogP contribution in [-0.4, -0.2) is 24.7 Å². The smallest absolute Gasteiger partial charge is 0.116 e. The zero-order valence-electron chi connectivity index (χ0n) is 9.30. The summed E-state index contributed by atoms with van der Waals surface area (Å²) in [6.45, 7) is 7.11. The zero-order chi connectivity index (χ0) is 10.8. The summed E-state index contributed by atoms with van der Waals surface area (Å²) in [5.74, 6) is 0.359. The lowest BCUT2D eigenvalue weighted by Crippen LogP contribution is -2.43. The van der Waals surface area contributed by atoms with E-state index in [1.54, 1.807) is 0 Å². The summed E-state index contributed by atoms with van der Waals surface area (Å²) in [5.41, 5.74) is 3.64. The fraction of sp³-hybridized carbons (Fsp3) is 0.500. The van der Waals surface area contributed by atoms with E-state index >= 15 is 0 Å². The van der Waals surface area contributed by atoms with Gasteiger partial charge < -0.3 is 15.7 Å². The van der Waals surface area contributed by atoms with Crippen LogP contribution in [0.4, 0.5) is 0 Å². The van der Waals surface area contributed by atoms with Crippen LogP contribution in [0.1, 0.15) is 22.7 Å². The molecule has 82 valence electrons. The van der Waals surface area contributed by atoms with Crippen molar-refractivity contribution in [3.05, 3.63) is 28.8 Å². The molecule has 3 nitrogen and oxygen atoms in total. The average molecular weight is 206 g/mol. The van der Waals surface area contributed by atoms with E-state index in [1.807, 2.05) is 12.1 Å². The molecular weight excluding hydrogens is 188 g/mol. The second kappa shape index (κ2) is 4.21. The van der Waals surface area contributed by atoms with Gasteiger partial charge in [-0.25, -0.2) is 0 Å². The molecule has 0 aromatic heterocycles. The number of phenols is 1. The summed E-state index contributed by atoms with van der Waals surface area (Å²) in [6, 6.07) is 4.04. The molecular formula is C12H18N2O. The highest BCUT2D eigenvalue weighted by atomic mass is 16.3. The van der Waals surface area contributed by atoms with E-state index in [4.69, 9.17) is 0 Å². The summed E-state index contributed by atoms with van der Waals surface area (Å²) in [4.78, 5) is 0. The Morgan fingerprint density at radius 3 is 2.40 bits per heavy atom. The van der Waals surface area contributed by atoms with Crippen molar-refractivity contribution in [1.29, 1.82) is 0 Å². The molecule has 1 aromatic carbocycles. The minimum atomic E-state index is 0.359. The van der Waals surface area contributed by atoms with Crippen molar-refractivity contribution in [3.63, 3.8) is 0 Å². The van der Waals surface area contributed by atoms with Gasteiger partial charge in [-0.3, -0.25) is 0 Å².